The summed E-state index contributed by atoms with van der Waals surface area (Å²) in [6.45, 7) is 40.8. The predicted octanol–water partition coefficient (Wildman–Crippen LogP) is 8.16. The highest BCUT2D eigenvalue weighted by atomic mass is 16.3. The van der Waals surface area contributed by atoms with Gasteiger partial charge in [0.25, 0.3) is 0 Å². The molecule has 1 aliphatic heterocycles. The molecule has 1 aliphatic rings. The maximum atomic E-state index is 8.37. The van der Waals surface area contributed by atoms with Crippen LogP contribution in [-0.2, 0) is 0 Å². The molecule has 0 amide bonds. The number of nitrogens with one attached hydrogen (secondary N) is 4. The van der Waals surface area contributed by atoms with Crippen molar-refractivity contribution in [1.82, 2.24) is 50.7 Å². The maximum absolute atomic E-state index is 8.37. The molecule has 0 saturated carbocycles. The molecular formula is C64H157N15O. The molecule has 0 unspecified atom stereocenters. The van der Waals surface area contributed by atoms with Gasteiger partial charge in [0.05, 0.1) is 0 Å². The third kappa shape index (κ3) is 93.8. The summed E-state index contributed by atoms with van der Waals surface area (Å²) in [5.74, 6) is 0. The zero-order valence-electron chi connectivity index (χ0n) is 56.1. The first kappa shape index (κ1) is 93.1. The van der Waals surface area contributed by atoms with Gasteiger partial charge in [-0.1, -0.05) is 145 Å². The predicted molar refractivity (Wildman–Crippen MR) is 365 cm³/mol. The number of likely N-dealkylation sites (N-methyl/N-ethyl adjacent to an activating group) is 3. The summed E-state index contributed by atoms with van der Waals surface area (Å²) in [6.07, 6.45) is 32.4. The normalized spacial score (nSPS) is 12.2. The van der Waals surface area contributed by atoms with Crippen molar-refractivity contribution in [2.75, 3.05) is 213 Å². The van der Waals surface area contributed by atoms with Crippen LogP contribution in [0.1, 0.15) is 209 Å². The molecular weight excluding hydrogens is 995 g/mol. The number of aliphatic hydroxyl groups is 1. The van der Waals surface area contributed by atoms with Crippen molar-refractivity contribution < 1.29 is 5.11 Å². The lowest BCUT2D eigenvalue weighted by Crippen LogP contribution is -2.46. The van der Waals surface area contributed by atoms with Crippen LogP contribution in [0.15, 0.2) is 0 Å². The SMILES string of the molecule is C.CCCCCCCCN(C)C.CCCCCCCO.CCCCCCNCCCCCN.CCCCN(C)CCCN.CCCCN1CCN(CCCN)CC1.CCCN(CCN)CCN.CNCCN(CCNC)CCNC. The molecule has 0 spiro atoms. The zero-order valence-corrected chi connectivity index (χ0v) is 56.1. The summed E-state index contributed by atoms with van der Waals surface area (Å²) < 4.78 is 0. The number of hydrogen-bond acceptors (Lipinski definition) is 16. The Morgan fingerprint density at radius 3 is 1.11 bits per heavy atom. The fraction of sp³-hybridized carbons (Fsp3) is 1.00. The van der Waals surface area contributed by atoms with Gasteiger partial charge in [0, 0.05) is 98.2 Å². The average Bonchev–Trinajstić information content (AvgIpc) is 3.45. The van der Waals surface area contributed by atoms with E-state index >= 15 is 0 Å². The van der Waals surface area contributed by atoms with E-state index in [1.54, 1.807) is 0 Å². The van der Waals surface area contributed by atoms with Gasteiger partial charge in [0.2, 0.25) is 0 Å². The van der Waals surface area contributed by atoms with Crippen molar-refractivity contribution in [2.24, 2.45) is 28.7 Å². The number of unbranched alkanes of at least 4 members (excludes halogenated alkanes) is 16. The summed E-state index contributed by atoms with van der Waals surface area (Å²) >= 11 is 0. The average molecular weight is 1150 g/mol. The van der Waals surface area contributed by atoms with Crippen LogP contribution in [0.5, 0.6) is 0 Å². The van der Waals surface area contributed by atoms with Crippen LogP contribution >= 0.6 is 0 Å². The highest BCUT2D eigenvalue weighted by Crippen LogP contribution is 2.06. The summed E-state index contributed by atoms with van der Waals surface area (Å²) in [5, 5.41) is 21.3. The van der Waals surface area contributed by atoms with Crippen molar-refractivity contribution in [1.29, 1.82) is 0 Å². The Kier molecular flexibility index (Phi) is 104. The van der Waals surface area contributed by atoms with Gasteiger partial charge in [-0.25, -0.2) is 0 Å². The Morgan fingerprint density at radius 2 is 0.725 bits per heavy atom. The van der Waals surface area contributed by atoms with Crippen molar-refractivity contribution in [3.63, 3.8) is 0 Å². The molecule has 0 bridgehead atoms. The van der Waals surface area contributed by atoms with E-state index in [0.29, 0.717) is 6.61 Å². The van der Waals surface area contributed by atoms with Crippen molar-refractivity contribution in [2.45, 2.75) is 209 Å². The molecule has 16 nitrogen and oxygen atoms in total. The van der Waals surface area contributed by atoms with Crippen LogP contribution in [0.3, 0.4) is 0 Å². The van der Waals surface area contributed by atoms with Gasteiger partial charge >= 0.3 is 0 Å². The summed E-state index contributed by atoms with van der Waals surface area (Å²) in [4.78, 5) is 14.5. The summed E-state index contributed by atoms with van der Waals surface area (Å²) in [6, 6.07) is 0. The zero-order chi connectivity index (χ0) is 60.4. The van der Waals surface area contributed by atoms with Crippen molar-refractivity contribution in [3.05, 3.63) is 0 Å². The number of nitrogens with two attached hydrogens (primary N) is 5. The van der Waals surface area contributed by atoms with Crippen LogP contribution in [-0.4, -0.2) is 247 Å². The minimum Gasteiger partial charge on any atom is -0.396 e. The smallest absolute Gasteiger partial charge is 0.0431 e. The van der Waals surface area contributed by atoms with Gasteiger partial charge in [0.15, 0.2) is 0 Å². The minimum absolute atomic E-state index is 0. The standard InChI is InChI=1S/C11H25N3.C11H26N2.C10H23N.C9H24N4.C8H20N2.C7H19N3.C7H16O.CH4/c1-2-3-6-13-8-10-14(11-9-13)7-4-5-12;1-2-3-4-7-10-13-11-8-5-6-9-12;1-4-5-6-7-8-9-10-11(2)3;1-10-4-7-13(8-5-11-2)9-6-12-3;1-3-4-7-10(2)8-5-6-9;1-2-5-10(6-3-8)7-4-9;1-2-3-4-5-6-7-8;/h2-12H2,1H3;13H,2-12H2,1H3;4-10H2,1-3H3;10-12H,4-9H2,1-3H3;3-9H2,1-2H3;2-9H2,1H3;8H,2-7H2,1H3;1H4. The van der Waals surface area contributed by atoms with Gasteiger partial charge in [0.1, 0.15) is 0 Å². The third-order valence-corrected chi connectivity index (χ3v) is 13.6. The molecule has 0 aliphatic carbocycles. The molecule has 15 N–H and O–H groups in total. The van der Waals surface area contributed by atoms with Crippen molar-refractivity contribution in [3.8, 4) is 0 Å². The Morgan fingerprint density at radius 1 is 0.350 bits per heavy atom. The highest BCUT2D eigenvalue weighted by molar-refractivity contribution is 4.72. The van der Waals surface area contributed by atoms with Crippen LogP contribution in [0.2, 0.25) is 0 Å². The number of aliphatic hydroxyl groups excluding tert-OH is 1. The topological polar surface area (TPSA) is 218 Å². The van der Waals surface area contributed by atoms with Gasteiger partial charge < -0.3 is 79.5 Å². The lowest BCUT2D eigenvalue weighted by Gasteiger charge is -2.34. The second-order valence-electron chi connectivity index (χ2n) is 21.9. The number of hydrogen-bond donors (Lipinski definition) is 10. The van der Waals surface area contributed by atoms with Crippen LogP contribution < -0.4 is 49.9 Å². The molecule has 0 aromatic heterocycles. The Hall–Kier alpha value is -0.640. The first-order valence-corrected chi connectivity index (χ1v) is 33.5. The first-order valence-electron chi connectivity index (χ1n) is 33.5. The summed E-state index contributed by atoms with van der Waals surface area (Å²) in [5.41, 5.74) is 27.1. The van der Waals surface area contributed by atoms with Gasteiger partial charge in [-0.2, -0.15) is 0 Å². The third-order valence-electron chi connectivity index (χ3n) is 13.6. The molecule has 16 heteroatoms. The van der Waals surface area contributed by atoms with E-state index in [-0.39, 0.29) is 7.43 Å². The number of piperazine rings is 1. The van der Waals surface area contributed by atoms with E-state index < -0.39 is 0 Å². The molecule has 80 heavy (non-hydrogen) atoms. The van der Waals surface area contributed by atoms with E-state index in [1.807, 2.05) is 21.1 Å². The van der Waals surface area contributed by atoms with Crippen LogP contribution in [0.4, 0.5) is 0 Å². The second kappa shape index (κ2) is 89.6. The molecule has 494 valence electrons. The van der Waals surface area contributed by atoms with E-state index in [9.17, 15) is 0 Å². The number of rotatable bonds is 49. The number of nitrogens with zero attached hydrogens (tertiary/aromatic N) is 6. The monoisotopic (exact) mass is 1150 g/mol. The lowest BCUT2D eigenvalue weighted by molar-refractivity contribution is 0.131. The lowest BCUT2D eigenvalue weighted by atomic mass is 10.1. The molecule has 1 saturated heterocycles. The largest absolute Gasteiger partial charge is 0.396 e. The van der Waals surface area contributed by atoms with Crippen LogP contribution in [0.25, 0.3) is 0 Å². The fourth-order valence-electron chi connectivity index (χ4n) is 8.29. The first-order chi connectivity index (χ1) is 38.5. The Labute approximate surface area is 504 Å². The maximum Gasteiger partial charge on any atom is 0.0431 e. The van der Waals surface area contributed by atoms with Gasteiger partial charge in [-0.15, -0.1) is 0 Å². The van der Waals surface area contributed by atoms with Crippen LogP contribution in [0, 0.1) is 0 Å². The molecule has 0 aromatic carbocycles. The molecule has 1 rings (SSSR count). The quantitative estimate of drug-likeness (QED) is 0.0260. The molecule has 1 heterocycles. The fourth-order valence-corrected chi connectivity index (χ4v) is 8.29. The second-order valence-corrected chi connectivity index (χ2v) is 21.9. The Bertz CT molecular complexity index is 884. The summed E-state index contributed by atoms with van der Waals surface area (Å²) in [7, 11) is 12.4. The van der Waals surface area contributed by atoms with Gasteiger partial charge in [-0.3, -0.25) is 4.90 Å². The Balaban J connectivity index is -0.000000156. The molecule has 0 aromatic rings. The van der Waals surface area contributed by atoms with Gasteiger partial charge in [-0.05, 0) is 178 Å². The van der Waals surface area contributed by atoms with E-state index in [4.69, 9.17) is 33.8 Å². The highest BCUT2D eigenvalue weighted by Gasteiger charge is 2.15. The van der Waals surface area contributed by atoms with E-state index in [0.717, 1.165) is 117 Å². The molecule has 0 radical (unpaired) electrons. The van der Waals surface area contributed by atoms with E-state index in [1.165, 1.54) is 207 Å². The van der Waals surface area contributed by atoms with Crippen molar-refractivity contribution >= 4 is 0 Å². The van der Waals surface area contributed by atoms with E-state index in [2.05, 4.69) is 113 Å². The molecule has 1 fully saturated rings. The molecule has 0 atom stereocenters. The minimum atomic E-state index is 0.